The van der Waals surface area contributed by atoms with Crippen molar-refractivity contribution in [3.8, 4) is 0 Å². The Labute approximate surface area is 120 Å². The highest BCUT2D eigenvalue weighted by Gasteiger charge is 2.25. The fourth-order valence-electron chi connectivity index (χ4n) is 1.73. The Morgan fingerprint density at radius 3 is 2.65 bits per heavy atom. The standard InChI is InChI=1S/C13H14N2O4S/c1-19-13(18)8-2-4-9(5-3-8)14-12(17)10-6-20-7-11(16)15-10/h2-5,10H,6-7H2,1H3,(H,14,17)(H,15,16). The number of hydrogen-bond acceptors (Lipinski definition) is 5. The molecule has 0 aromatic heterocycles. The average Bonchev–Trinajstić information content (AvgIpc) is 2.47. The van der Waals surface area contributed by atoms with Gasteiger partial charge in [0.1, 0.15) is 6.04 Å². The summed E-state index contributed by atoms with van der Waals surface area (Å²) in [7, 11) is 1.31. The van der Waals surface area contributed by atoms with E-state index < -0.39 is 12.0 Å². The van der Waals surface area contributed by atoms with Crippen LogP contribution in [0.5, 0.6) is 0 Å². The summed E-state index contributed by atoms with van der Waals surface area (Å²) in [5, 5.41) is 5.33. The molecule has 1 aromatic rings. The number of hydrogen-bond donors (Lipinski definition) is 2. The van der Waals surface area contributed by atoms with Crippen LogP contribution in [-0.4, -0.2) is 42.4 Å². The molecule has 0 radical (unpaired) electrons. The molecule has 1 aliphatic heterocycles. The van der Waals surface area contributed by atoms with Gasteiger partial charge in [0.2, 0.25) is 11.8 Å². The molecule has 1 fully saturated rings. The topological polar surface area (TPSA) is 84.5 Å². The van der Waals surface area contributed by atoms with Crippen LogP contribution in [0.15, 0.2) is 24.3 Å². The molecule has 1 atom stereocenters. The second-order valence-electron chi connectivity index (χ2n) is 4.19. The number of methoxy groups -OCH3 is 1. The number of esters is 1. The van der Waals surface area contributed by atoms with Crippen molar-refractivity contribution in [2.24, 2.45) is 0 Å². The quantitative estimate of drug-likeness (QED) is 0.799. The predicted molar refractivity (Wildman–Crippen MR) is 75.7 cm³/mol. The van der Waals surface area contributed by atoms with Crippen molar-refractivity contribution in [2.45, 2.75) is 6.04 Å². The molecule has 2 amide bonds. The summed E-state index contributed by atoms with van der Waals surface area (Å²) in [6.45, 7) is 0. The Hall–Kier alpha value is -2.02. The monoisotopic (exact) mass is 294 g/mol. The number of anilines is 1. The lowest BCUT2D eigenvalue weighted by Gasteiger charge is -2.22. The molecule has 0 spiro atoms. The van der Waals surface area contributed by atoms with E-state index >= 15 is 0 Å². The SMILES string of the molecule is COC(=O)c1ccc(NC(=O)C2CSCC(=O)N2)cc1. The fourth-order valence-corrected chi connectivity index (χ4v) is 2.58. The molecule has 0 aliphatic carbocycles. The number of benzene rings is 1. The third-order valence-corrected chi connectivity index (χ3v) is 3.78. The van der Waals surface area contributed by atoms with Crippen LogP contribution < -0.4 is 10.6 Å². The highest BCUT2D eigenvalue weighted by molar-refractivity contribution is 8.00. The Kier molecular flexibility index (Phi) is 4.62. The number of thioether (sulfide) groups is 1. The van der Waals surface area contributed by atoms with Gasteiger partial charge in [-0.3, -0.25) is 9.59 Å². The maximum absolute atomic E-state index is 12.0. The summed E-state index contributed by atoms with van der Waals surface area (Å²) in [5.74, 6) is 0.104. The van der Waals surface area contributed by atoms with Crippen LogP contribution in [0.4, 0.5) is 5.69 Å². The van der Waals surface area contributed by atoms with E-state index in [2.05, 4.69) is 15.4 Å². The second kappa shape index (κ2) is 6.42. The van der Waals surface area contributed by atoms with E-state index in [0.29, 0.717) is 22.8 Å². The summed E-state index contributed by atoms with van der Waals surface area (Å²) >= 11 is 1.43. The number of nitrogens with one attached hydrogen (secondary N) is 2. The molecule has 106 valence electrons. The Morgan fingerprint density at radius 2 is 2.05 bits per heavy atom. The minimum Gasteiger partial charge on any atom is -0.465 e. The molecule has 1 aliphatic rings. The molecule has 20 heavy (non-hydrogen) atoms. The van der Waals surface area contributed by atoms with Crippen LogP contribution in [0.1, 0.15) is 10.4 Å². The average molecular weight is 294 g/mol. The third-order valence-electron chi connectivity index (χ3n) is 2.74. The van der Waals surface area contributed by atoms with Crippen LogP contribution in [0.25, 0.3) is 0 Å². The summed E-state index contributed by atoms with van der Waals surface area (Å²) in [6, 6.07) is 5.83. The lowest BCUT2D eigenvalue weighted by molar-refractivity contribution is -0.124. The van der Waals surface area contributed by atoms with Crippen LogP contribution in [0, 0.1) is 0 Å². The van der Waals surface area contributed by atoms with Crippen molar-refractivity contribution < 1.29 is 19.1 Å². The normalized spacial score (nSPS) is 18.1. The Balaban J connectivity index is 1.97. The summed E-state index contributed by atoms with van der Waals surface area (Å²) in [5.41, 5.74) is 0.972. The molecule has 0 saturated carbocycles. The van der Waals surface area contributed by atoms with Gasteiger partial charge in [-0.25, -0.2) is 4.79 Å². The molecule has 1 unspecified atom stereocenters. The molecular formula is C13H14N2O4S. The summed E-state index contributed by atoms with van der Waals surface area (Å²) < 4.78 is 4.59. The largest absolute Gasteiger partial charge is 0.465 e. The first kappa shape index (κ1) is 14.4. The van der Waals surface area contributed by atoms with Gasteiger partial charge in [0.25, 0.3) is 0 Å². The Morgan fingerprint density at radius 1 is 1.35 bits per heavy atom. The highest BCUT2D eigenvalue weighted by Crippen LogP contribution is 2.13. The molecular weight excluding hydrogens is 280 g/mol. The number of carbonyl (C=O) groups excluding carboxylic acids is 3. The van der Waals surface area contributed by atoms with Gasteiger partial charge in [0.05, 0.1) is 18.4 Å². The van der Waals surface area contributed by atoms with Crippen LogP contribution in [0.2, 0.25) is 0 Å². The van der Waals surface area contributed by atoms with Gasteiger partial charge in [-0.15, -0.1) is 11.8 Å². The van der Waals surface area contributed by atoms with E-state index in [4.69, 9.17) is 0 Å². The van der Waals surface area contributed by atoms with Crippen LogP contribution >= 0.6 is 11.8 Å². The highest BCUT2D eigenvalue weighted by atomic mass is 32.2. The number of ether oxygens (including phenoxy) is 1. The van der Waals surface area contributed by atoms with Crippen LogP contribution in [-0.2, 0) is 14.3 Å². The van der Waals surface area contributed by atoms with Gasteiger partial charge in [0.15, 0.2) is 0 Å². The second-order valence-corrected chi connectivity index (χ2v) is 5.22. The van der Waals surface area contributed by atoms with Gasteiger partial charge in [-0.1, -0.05) is 0 Å². The molecule has 6 nitrogen and oxygen atoms in total. The van der Waals surface area contributed by atoms with Crippen molar-refractivity contribution >= 4 is 35.2 Å². The van der Waals surface area contributed by atoms with Gasteiger partial charge in [-0.2, -0.15) is 0 Å². The Bertz CT molecular complexity index is 530. The zero-order chi connectivity index (χ0) is 14.5. The molecule has 1 saturated heterocycles. The van der Waals surface area contributed by atoms with E-state index in [1.807, 2.05) is 0 Å². The molecule has 0 bridgehead atoms. The van der Waals surface area contributed by atoms with Crippen molar-refractivity contribution in [3.05, 3.63) is 29.8 Å². The lowest BCUT2D eigenvalue weighted by Crippen LogP contribution is -2.49. The van der Waals surface area contributed by atoms with E-state index in [1.165, 1.54) is 18.9 Å². The van der Waals surface area contributed by atoms with Crippen molar-refractivity contribution in [1.29, 1.82) is 0 Å². The summed E-state index contributed by atoms with van der Waals surface area (Å²) in [4.78, 5) is 34.4. The first-order valence-corrected chi connectivity index (χ1v) is 7.12. The van der Waals surface area contributed by atoms with E-state index in [0.717, 1.165) is 0 Å². The van der Waals surface area contributed by atoms with E-state index in [9.17, 15) is 14.4 Å². The summed E-state index contributed by atoms with van der Waals surface area (Å²) in [6.07, 6.45) is 0. The first-order chi connectivity index (χ1) is 9.60. The number of amides is 2. The molecule has 1 aromatic carbocycles. The fraction of sp³-hybridized carbons (Fsp3) is 0.308. The van der Waals surface area contributed by atoms with Gasteiger partial charge < -0.3 is 15.4 Å². The molecule has 7 heteroatoms. The van der Waals surface area contributed by atoms with Crippen molar-refractivity contribution in [2.75, 3.05) is 23.9 Å². The lowest BCUT2D eigenvalue weighted by atomic mass is 10.2. The van der Waals surface area contributed by atoms with Crippen molar-refractivity contribution in [3.63, 3.8) is 0 Å². The van der Waals surface area contributed by atoms with E-state index in [1.54, 1.807) is 24.3 Å². The molecule has 2 rings (SSSR count). The van der Waals surface area contributed by atoms with Gasteiger partial charge in [0, 0.05) is 11.4 Å². The van der Waals surface area contributed by atoms with Gasteiger partial charge >= 0.3 is 5.97 Å². The smallest absolute Gasteiger partial charge is 0.337 e. The molecule has 1 heterocycles. The van der Waals surface area contributed by atoms with E-state index in [-0.39, 0.29) is 11.8 Å². The zero-order valence-electron chi connectivity index (χ0n) is 10.8. The van der Waals surface area contributed by atoms with Crippen molar-refractivity contribution in [1.82, 2.24) is 5.32 Å². The minimum atomic E-state index is -0.526. The zero-order valence-corrected chi connectivity index (χ0v) is 11.7. The van der Waals surface area contributed by atoms with Gasteiger partial charge in [-0.05, 0) is 24.3 Å². The number of carbonyl (C=O) groups is 3. The minimum absolute atomic E-state index is 0.137. The maximum atomic E-state index is 12.0. The molecule has 2 N–H and O–H groups in total. The third kappa shape index (κ3) is 3.51. The first-order valence-electron chi connectivity index (χ1n) is 5.96. The van der Waals surface area contributed by atoms with Crippen LogP contribution in [0.3, 0.4) is 0 Å². The maximum Gasteiger partial charge on any atom is 0.337 e. The number of rotatable bonds is 3. The predicted octanol–water partition coefficient (Wildman–Crippen LogP) is 0.643.